The largest absolute Gasteiger partial charge is 0.350 e. The molecule has 0 atom stereocenters. The Morgan fingerprint density at radius 1 is 1.58 bits per heavy atom. The second-order valence-corrected chi connectivity index (χ2v) is 5.51. The molecule has 19 heavy (non-hydrogen) atoms. The molecule has 0 unspecified atom stereocenters. The second kappa shape index (κ2) is 5.48. The van der Waals surface area contributed by atoms with Crippen molar-refractivity contribution in [3.05, 3.63) is 30.4 Å². The van der Waals surface area contributed by atoms with Gasteiger partial charge in [-0.05, 0) is 25.0 Å². The molecule has 0 spiro atoms. The third kappa shape index (κ3) is 2.98. The minimum absolute atomic E-state index is 0.00456. The van der Waals surface area contributed by atoms with Crippen molar-refractivity contribution in [1.82, 2.24) is 25.1 Å². The number of H-pyrrole nitrogens is 1. The lowest BCUT2D eigenvalue weighted by molar-refractivity contribution is 0.0946. The van der Waals surface area contributed by atoms with Crippen LogP contribution < -0.4 is 5.32 Å². The maximum absolute atomic E-state index is 12.0. The summed E-state index contributed by atoms with van der Waals surface area (Å²) in [6, 6.07) is 4.33. The van der Waals surface area contributed by atoms with Crippen molar-refractivity contribution in [2.75, 3.05) is 12.3 Å². The van der Waals surface area contributed by atoms with Crippen molar-refractivity contribution in [3.63, 3.8) is 0 Å². The summed E-state index contributed by atoms with van der Waals surface area (Å²) in [7, 11) is 0. The number of nitrogens with zero attached hydrogens (tertiary/aromatic N) is 3. The fraction of sp³-hybridized carbons (Fsp3) is 0.417. The number of amides is 1. The number of aromatic amines is 1. The van der Waals surface area contributed by atoms with Crippen molar-refractivity contribution >= 4 is 17.7 Å². The Hall–Kier alpha value is -1.76. The van der Waals surface area contributed by atoms with Crippen molar-refractivity contribution < 1.29 is 4.79 Å². The first kappa shape index (κ1) is 12.3. The first-order valence-electron chi connectivity index (χ1n) is 6.28. The van der Waals surface area contributed by atoms with Crippen molar-refractivity contribution in [2.24, 2.45) is 0 Å². The van der Waals surface area contributed by atoms with Crippen molar-refractivity contribution in [1.29, 1.82) is 0 Å². The summed E-state index contributed by atoms with van der Waals surface area (Å²) in [4.78, 5) is 16.1. The average molecular weight is 277 g/mol. The number of aromatic nitrogens is 4. The van der Waals surface area contributed by atoms with E-state index in [2.05, 4.69) is 25.1 Å². The molecule has 1 fully saturated rings. The molecule has 1 aliphatic rings. The molecule has 100 valence electrons. The molecule has 2 heterocycles. The first-order valence-corrected chi connectivity index (χ1v) is 7.26. The van der Waals surface area contributed by atoms with Crippen LogP contribution >= 0.6 is 11.8 Å². The van der Waals surface area contributed by atoms with Crippen LogP contribution in [0.15, 0.2) is 29.8 Å². The number of rotatable bonds is 6. The Labute approximate surface area is 115 Å². The Morgan fingerprint density at radius 3 is 3.21 bits per heavy atom. The van der Waals surface area contributed by atoms with Gasteiger partial charge in [0.15, 0.2) is 5.16 Å². The quantitative estimate of drug-likeness (QED) is 0.619. The molecule has 1 aliphatic carbocycles. The van der Waals surface area contributed by atoms with E-state index in [1.165, 1.54) is 30.9 Å². The predicted molar refractivity (Wildman–Crippen MR) is 72.1 cm³/mol. The minimum Gasteiger partial charge on any atom is -0.350 e. The van der Waals surface area contributed by atoms with Crippen molar-refractivity contribution in [3.8, 4) is 0 Å². The standard InChI is InChI=1S/C12H15N5OS/c18-11(10-2-1-6-17(10)9-3-4-9)13-5-7-19-12-14-8-15-16-12/h1-2,6,8-9H,3-5,7H2,(H,13,18)(H,14,15,16). The minimum atomic E-state index is -0.00456. The Kier molecular flexibility index (Phi) is 3.54. The van der Waals surface area contributed by atoms with Gasteiger partial charge in [0.25, 0.3) is 5.91 Å². The van der Waals surface area contributed by atoms with Gasteiger partial charge in [0, 0.05) is 24.5 Å². The van der Waals surface area contributed by atoms with Crippen LogP contribution in [0.1, 0.15) is 29.4 Å². The smallest absolute Gasteiger partial charge is 0.267 e. The lowest BCUT2D eigenvalue weighted by Crippen LogP contribution is -2.27. The topological polar surface area (TPSA) is 75.6 Å². The maximum Gasteiger partial charge on any atom is 0.267 e. The van der Waals surface area contributed by atoms with Crippen molar-refractivity contribution in [2.45, 2.75) is 24.0 Å². The van der Waals surface area contributed by atoms with Crippen LogP contribution in [0.4, 0.5) is 0 Å². The van der Waals surface area contributed by atoms with E-state index in [9.17, 15) is 4.79 Å². The van der Waals surface area contributed by atoms with Gasteiger partial charge in [-0.3, -0.25) is 9.89 Å². The van der Waals surface area contributed by atoms with E-state index in [1.54, 1.807) is 0 Å². The van der Waals surface area contributed by atoms with Crippen LogP contribution in [0, 0.1) is 0 Å². The van der Waals surface area contributed by atoms with Gasteiger partial charge < -0.3 is 9.88 Å². The molecule has 3 rings (SSSR count). The fourth-order valence-corrected chi connectivity index (χ4v) is 2.56. The Bertz CT molecular complexity index is 546. The van der Waals surface area contributed by atoms with Gasteiger partial charge >= 0.3 is 0 Å². The molecule has 2 aromatic heterocycles. The molecule has 0 radical (unpaired) electrons. The summed E-state index contributed by atoms with van der Waals surface area (Å²) in [5.74, 6) is 0.764. The van der Waals surface area contributed by atoms with E-state index in [-0.39, 0.29) is 5.91 Å². The summed E-state index contributed by atoms with van der Waals surface area (Å²) < 4.78 is 2.07. The molecule has 0 aliphatic heterocycles. The van der Waals surface area contributed by atoms with E-state index in [0.29, 0.717) is 12.6 Å². The third-order valence-corrected chi connectivity index (χ3v) is 3.85. The highest BCUT2D eigenvalue weighted by Gasteiger charge is 2.26. The molecule has 7 heteroatoms. The van der Waals surface area contributed by atoms with Crippen LogP contribution in [0.5, 0.6) is 0 Å². The van der Waals surface area contributed by atoms with Gasteiger partial charge in [-0.2, -0.15) is 5.10 Å². The van der Waals surface area contributed by atoms with Gasteiger partial charge in [0.05, 0.1) is 0 Å². The number of carbonyl (C=O) groups excluding carboxylic acids is 1. The van der Waals surface area contributed by atoms with Crippen LogP contribution in [0.25, 0.3) is 0 Å². The van der Waals surface area contributed by atoms with Crippen LogP contribution in [-0.2, 0) is 0 Å². The average Bonchev–Trinajstić information content (AvgIpc) is 2.95. The number of hydrogen-bond acceptors (Lipinski definition) is 4. The predicted octanol–water partition coefficient (Wildman–Crippen LogP) is 1.46. The van der Waals surface area contributed by atoms with E-state index < -0.39 is 0 Å². The zero-order valence-electron chi connectivity index (χ0n) is 10.4. The SMILES string of the molecule is O=C(NCCSc1ncn[nH]1)c1cccn1C1CC1. The normalized spacial score (nSPS) is 14.5. The molecule has 0 bridgehead atoms. The number of hydrogen-bond donors (Lipinski definition) is 2. The van der Waals surface area contributed by atoms with Gasteiger partial charge in [-0.1, -0.05) is 11.8 Å². The van der Waals surface area contributed by atoms with E-state index >= 15 is 0 Å². The highest BCUT2D eigenvalue weighted by Crippen LogP contribution is 2.35. The zero-order chi connectivity index (χ0) is 13.1. The summed E-state index contributed by atoms with van der Waals surface area (Å²) in [5.41, 5.74) is 0.757. The van der Waals surface area contributed by atoms with Gasteiger partial charge in [-0.25, -0.2) is 4.98 Å². The van der Waals surface area contributed by atoms with E-state index in [0.717, 1.165) is 16.6 Å². The lowest BCUT2D eigenvalue weighted by atomic mass is 10.4. The molecular weight excluding hydrogens is 262 g/mol. The maximum atomic E-state index is 12.0. The molecule has 0 aromatic carbocycles. The summed E-state index contributed by atoms with van der Waals surface area (Å²) in [5, 5.41) is 10.2. The van der Waals surface area contributed by atoms with E-state index in [1.807, 2.05) is 18.3 Å². The Morgan fingerprint density at radius 2 is 2.47 bits per heavy atom. The highest BCUT2D eigenvalue weighted by atomic mass is 32.2. The first-order chi connectivity index (χ1) is 9.34. The second-order valence-electron chi connectivity index (χ2n) is 4.43. The molecule has 2 N–H and O–H groups in total. The lowest BCUT2D eigenvalue weighted by Gasteiger charge is -2.08. The molecule has 1 saturated carbocycles. The van der Waals surface area contributed by atoms with Gasteiger partial charge in [0.1, 0.15) is 12.0 Å². The Balaban J connectivity index is 1.47. The van der Waals surface area contributed by atoms with Gasteiger partial charge in [-0.15, -0.1) is 0 Å². The fourth-order valence-electron chi connectivity index (χ4n) is 1.92. The number of thioether (sulfide) groups is 1. The summed E-state index contributed by atoms with van der Waals surface area (Å²) in [6.45, 7) is 0.611. The molecule has 2 aromatic rings. The third-order valence-electron chi connectivity index (χ3n) is 2.97. The van der Waals surface area contributed by atoms with Crippen LogP contribution in [0.3, 0.4) is 0 Å². The highest BCUT2D eigenvalue weighted by molar-refractivity contribution is 7.99. The number of carbonyl (C=O) groups is 1. The monoisotopic (exact) mass is 277 g/mol. The molecule has 0 saturated heterocycles. The molecule has 1 amide bonds. The van der Waals surface area contributed by atoms with E-state index in [4.69, 9.17) is 0 Å². The van der Waals surface area contributed by atoms with Gasteiger partial charge in [0.2, 0.25) is 0 Å². The summed E-state index contributed by atoms with van der Waals surface area (Å²) in [6.07, 6.45) is 5.81. The zero-order valence-corrected chi connectivity index (χ0v) is 11.2. The molecular formula is C12H15N5OS. The molecule has 6 nitrogen and oxygen atoms in total. The van der Waals surface area contributed by atoms with Crippen LogP contribution in [0.2, 0.25) is 0 Å². The summed E-state index contributed by atoms with van der Waals surface area (Å²) >= 11 is 1.54. The van der Waals surface area contributed by atoms with Crippen LogP contribution in [-0.4, -0.2) is 38.0 Å². The number of nitrogens with one attached hydrogen (secondary N) is 2.